The predicted molar refractivity (Wildman–Crippen MR) is 212 cm³/mol. The maximum absolute atomic E-state index is 12.0. The van der Waals surface area contributed by atoms with Gasteiger partial charge in [0, 0.05) is 6.42 Å². The van der Waals surface area contributed by atoms with E-state index in [-0.39, 0.29) is 5.97 Å². The largest absolute Gasteiger partial charge is 0.466 e. The monoisotopic (exact) mass is 663 g/mol. The Morgan fingerprint density at radius 2 is 0.468 bits per heavy atom. The lowest BCUT2D eigenvalue weighted by Gasteiger charge is -2.06. The summed E-state index contributed by atoms with van der Waals surface area (Å²) < 4.78 is 5.47. The van der Waals surface area contributed by atoms with E-state index in [1.165, 1.54) is 244 Å². The minimum absolute atomic E-state index is 0.0315. The number of carbonyl (C=O) groups is 1. The van der Waals surface area contributed by atoms with Crippen molar-refractivity contribution < 1.29 is 9.53 Å². The van der Waals surface area contributed by atoms with E-state index in [0.29, 0.717) is 13.0 Å². The van der Waals surface area contributed by atoms with E-state index in [0.717, 1.165) is 12.8 Å². The lowest BCUT2D eigenvalue weighted by molar-refractivity contribution is -0.143. The van der Waals surface area contributed by atoms with Gasteiger partial charge >= 0.3 is 5.97 Å². The average molecular weight is 663 g/mol. The zero-order valence-electron chi connectivity index (χ0n) is 33.0. The second-order valence-corrected chi connectivity index (χ2v) is 15.4. The van der Waals surface area contributed by atoms with Crippen LogP contribution in [0.15, 0.2) is 0 Å². The van der Waals surface area contributed by atoms with E-state index in [4.69, 9.17) is 4.74 Å². The minimum Gasteiger partial charge on any atom is -0.466 e. The van der Waals surface area contributed by atoms with E-state index >= 15 is 0 Å². The van der Waals surface area contributed by atoms with Gasteiger partial charge in [-0.3, -0.25) is 4.79 Å². The molecular weight excluding hydrogens is 572 g/mol. The topological polar surface area (TPSA) is 26.3 Å². The molecule has 0 amide bonds. The molecule has 0 aliphatic carbocycles. The van der Waals surface area contributed by atoms with Gasteiger partial charge in [0.05, 0.1) is 6.61 Å². The Morgan fingerprint density at radius 1 is 0.277 bits per heavy atom. The summed E-state index contributed by atoms with van der Waals surface area (Å²) in [4.78, 5) is 12.0. The molecule has 0 aromatic rings. The first-order valence-electron chi connectivity index (χ1n) is 22.5. The lowest BCUT2D eigenvalue weighted by Crippen LogP contribution is -2.05. The molecule has 0 spiro atoms. The fourth-order valence-electron chi connectivity index (χ4n) is 7.14. The lowest BCUT2D eigenvalue weighted by atomic mass is 10.0. The molecule has 0 heterocycles. The van der Waals surface area contributed by atoms with Gasteiger partial charge in [-0.2, -0.15) is 0 Å². The predicted octanol–water partition coefficient (Wildman–Crippen LogP) is 16.6. The Kier molecular flexibility index (Phi) is 43.0. The SMILES string of the molecule is CCCCCCCCCCCCCCCCCCCCCCCCCCCCC(=O)OCCCCCCCCCCCCCCCC. The normalized spacial score (nSPS) is 11.4. The molecule has 282 valence electrons. The highest BCUT2D eigenvalue weighted by molar-refractivity contribution is 5.69. The van der Waals surface area contributed by atoms with Crippen LogP contribution < -0.4 is 0 Å². The van der Waals surface area contributed by atoms with Crippen LogP contribution in [-0.2, 0) is 9.53 Å². The average Bonchev–Trinajstić information content (AvgIpc) is 3.08. The number of esters is 1. The van der Waals surface area contributed by atoms with Gasteiger partial charge in [0.1, 0.15) is 0 Å². The zero-order chi connectivity index (χ0) is 34.0. The molecular formula is C45H90O2. The molecule has 0 radical (unpaired) electrons. The fraction of sp³-hybridized carbons (Fsp3) is 0.978. The second kappa shape index (κ2) is 43.5. The third kappa shape index (κ3) is 43.4. The van der Waals surface area contributed by atoms with Crippen LogP contribution in [0.1, 0.15) is 277 Å². The quantitative estimate of drug-likeness (QED) is 0.0480. The Morgan fingerprint density at radius 3 is 0.702 bits per heavy atom. The van der Waals surface area contributed by atoms with Crippen LogP contribution in [0.3, 0.4) is 0 Å². The van der Waals surface area contributed by atoms with Crippen molar-refractivity contribution >= 4 is 5.97 Å². The van der Waals surface area contributed by atoms with Gasteiger partial charge in [-0.15, -0.1) is 0 Å². The molecule has 0 unspecified atom stereocenters. The summed E-state index contributed by atoms with van der Waals surface area (Å²) in [6.45, 7) is 5.23. The Bertz CT molecular complexity index is 558. The number of hydrogen-bond acceptors (Lipinski definition) is 2. The molecule has 0 N–H and O–H groups in total. The van der Waals surface area contributed by atoms with Crippen molar-refractivity contribution in [2.45, 2.75) is 277 Å². The first kappa shape index (κ1) is 46.5. The van der Waals surface area contributed by atoms with Crippen LogP contribution in [-0.4, -0.2) is 12.6 Å². The Balaban J connectivity index is 3.13. The molecule has 0 aliphatic heterocycles. The van der Waals surface area contributed by atoms with Gasteiger partial charge in [0.15, 0.2) is 0 Å². The summed E-state index contributed by atoms with van der Waals surface area (Å²) in [5, 5.41) is 0. The molecule has 0 atom stereocenters. The van der Waals surface area contributed by atoms with Crippen LogP contribution >= 0.6 is 0 Å². The summed E-state index contributed by atoms with van der Waals surface area (Å²) in [5.41, 5.74) is 0. The summed E-state index contributed by atoms with van der Waals surface area (Å²) in [7, 11) is 0. The summed E-state index contributed by atoms with van der Waals surface area (Å²) in [6.07, 6.45) is 56.4. The van der Waals surface area contributed by atoms with Crippen LogP contribution in [0, 0.1) is 0 Å². The first-order valence-corrected chi connectivity index (χ1v) is 22.5. The molecule has 2 heteroatoms. The zero-order valence-corrected chi connectivity index (χ0v) is 33.0. The third-order valence-corrected chi connectivity index (χ3v) is 10.5. The summed E-state index contributed by atoms with van der Waals surface area (Å²) in [5.74, 6) is 0.0315. The van der Waals surface area contributed by atoms with Crippen molar-refractivity contribution in [2.24, 2.45) is 0 Å². The molecule has 0 bridgehead atoms. The number of unbranched alkanes of at least 4 members (excludes halogenated alkanes) is 38. The Labute approximate surface area is 298 Å². The number of ether oxygens (including phenoxy) is 1. The first-order chi connectivity index (χ1) is 23.3. The molecule has 0 aromatic heterocycles. The minimum atomic E-state index is 0.0315. The molecule has 2 nitrogen and oxygen atoms in total. The smallest absolute Gasteiger partial charge is 0.305 e. The van der Waals surface area contributed by atoms with Gasteiger partial charge in [-0.1, -0.05) is 258 Å². The van der Waals surface area contributed by atoms with Gasteiger partial charge in [0.2, 0.25) is 0 Å². The number of carbonyl (C=O) groups excluding carboxylic acids is 1. The van der Waals surface area contributed by atoms with Crippen molar-refractivity contribution in [1.82, 2.24) is 0 Å². The van der Waals surface area contributed by atoms with Gasteiger partial charge in [-0.25, -0.2) is 0 Å². The van der Waals surface area contributed by atoms with Crippen molar-refractivity contribution in [3.8, 4) is 0 Å². The van der Waals surface area contributed by atoms with Crippen molar-refractivity contribution in [2.75, 3.05) is 6.61 Å². The molecule has 0 rings (SSSR count). The van der Waals surface area contributed by atoms with Crippen LogP contribution in [0.5, 0.6) is 0 Å². The highest BCUT2D eigenvalue weighted by Crippen LogP contribution is 2.17. The summed E-state index contributed by atoms with van der Waals surface area (Å²) >= 11 is 0. The van der Waals surface area contributed by atoms with E-state index in [1.54, 1.807) is 0 Å². The third-order valence-electron chi connectivity index (χ3n) is 10.5. The Hall–Kier alpha value is -0.530. The van der Waals surface area contributed by atoms with Crippen LogP contribution in [0.25, 0.3) is 0 Å². The number of rotatable bonds is 42. The number of hydrogen-bond donors (Lipinski definition) is 0. The van der Waals surface area contributed by atoms with Crippen LogP contribution in [0.2, 0.25) is 0 Å². The van der Waals surface area contributed by atoms with Gasteiger partial charge in [-0.05, 0) is 12.8 Å². The van der Waals surface area contributed by atoms with Crippen LogP contribution in [0.4, 0.5) is 0 Å². The maximum Gasteiger partial charge on any atom is 0.305 e. The highest BCUT2D eigenvalue weighted by atomic mass is 16.5. The molecule has 0 fully saturated rings. The standard InChI is InChI=1S/C45H90O2/c1-3-5-7-9-11-13-15-17-19-20-21-22-23-24-25-26-27-28-29-30-31-33-35-37-39-41-43-45(46)47-44-42-40-38-36-34-32-18-16-14-12-10-8-6-4-2/h3-44H2,1-2H3. The maximum atomic E-state index is 12.0. The van der Waals surface area contributed by atoms with E-state index in [1.807, 2.05) is 0 Å². The molecule has 0 saturated carbocycles. The molecule has 0 aliphatic rings. The van der Waals surface area contributed by atoms with Crippen molar-refractivity contribution in [3.63, 3.8) is 0 Å². The van der Waals surface area contributed by atoms with Gasteiger partial charge in [0.25, 0.3) is 0 Å². The van der Waals surface area contributed by atoms with E-state index in [9.17, 15) is 4.79 Å². The second-order valence-electron chi connectivity index (χ2n) is 15.4. The van der Waals surface area contributed by atoms with Crippen molar-refractivity contribution in [3.05, 3.63) is 0 Å². The van der Waals surface area contributed by atoms with Gasteiger partial charge < -0.3 is 4.74 Å². The highest BCUT2D eigenvalue weighted by Gasteiger charge is 2.03. The van der Waals surface area contributed by atoms with E-state index in [2.05, 4.69) is 13.8 Å². The molecule has 0 saturated heterocycles. The van der Waals surface area contributed by atoms with E-state index < -0.39 is 0 Å². The summed E-state index contributed by atoms with van der Waals surface area (Å²) in [6, 6.07) is 0. The molecule has 0 aromatic carbocycles. The molecule has 47 heavy (non-hydrogen) atoms. The van der Waals surface area contributed by atoms with Crippen molar-refractivity contribution in [1.29, 1.82) is 0 Å². The fourth-order valence-corrected chi connectivity index (χ4v) is 7.14.